The summed E-state index contributed by atoms with van der Waals surface area (Å²) in [5.74, 6) is 1.69. The lowest BCUT2D eigenvalue weighted by atomic mass is 9.92. The maximum absolute atomic E-state index is 5.81. The molecule has 1 aliphatic rings. The molecule has 4 heteroatoms. The second-order valence-electron chi connectivity index (χ2n) is 5.07. The zero-order valence-corrected chi connectivity index (χ0v) is 11.7. The van der Waals surface area contributed by atoms with E-state index in [-0.39, 0.29) is 0 Å². The second kappa shape index (κ2) is 5.90. The molecule has 0 radical (unpaired) electrons. The average Bonchev–Trinajstić information content (AvgIpc) is 2.53. The van der Waals surface area contributed by atoms with Gasteiger partial charge in [-0.3, -0.25) is 4.98 Å². The lowest BCUT2D eigenvalue weighted by Gasteiger charge is -2.16. The Bertz CT molecular complexity index is 581. The smallest absolute Gasteiger partial charge is 0.144 e. The van der Waals surface area contributed by atoms with Gasteiger partial charge in [-0.05, 0) is 48.9 Å². The topological polar surface area (TPSA) is 47.0 Å². The molecule has 0 amide bonds. The van der Waals surface area contributed by atoms with E-state index in [0.717, 1.165) is 17.3 Å². The first-order valence-corrected chi connectivity index (χ1v) is 7.08. The van der Waals surface area contributed by atoms with Crippen LogP contribution in [0.4, 0.5) is 5.82 Å². The van der Waals surface area contributed by atoms with Gasteiger partial charge in [0, 0.05) is 7.05 Å². The van der Waals surface area contributed by atoms with Crippen molar-refractivity contribution in [1.82, 2.24) is 9.97 Å². The van der Waals surface area contributed by atoms with Crippen molar-refractivity contribution in [1.29, 1.82) is 0 Å². The monoisotopic (exact) mass is 269 g/mol. The highest BCUT2D eigenvalue weighted by Gasteiger charge is 2.10. The molecule has 1 aromatic heterocycles. The Hall–Kier alpha value is -2.10. The van der Waals surface area contributed by atoms with E-state index in [9.17, 15) is 0 Å². The van der Waals surface area contributed by atoms with Gasteiger partial charge in [-0.15, -0.1) is 0 Å². The Kier molecular flexibility index (Phi) is 3.81. The number of fused-ring (bicyclic) bond motifs is 1. The molecule has 0 saturated carbocycles. The van der Waals surface area contributed by atoms with Gasteiger partial charge < -0.3 is 10.1 Å². The number of ether oxygens (including phenoxy) is 1. The zero-order valence-electron chi connectivity index (χ0n) is 11.7. The summed E-state index contributed by atoms with van der Waals surface area (Å²) in [6.45, 7) is 0.454. The number of hydrogen-bond acceptors (Lipinski definition) is 4. The number of rotatable bonds is 4. The molecule has 0 saturated heterocycles. The number of benzene rings is 1. The Morgan fingerprint density at radius 2 is 1.95 bits per heavy atom. The maximum Gasteiger partial charge on any atom is 0.144 e. The highest BCUT2D eigenvalue weighted by molar-refractivity contribution is 5.37. The zero-order chi connectivity index (χ0) is 13.8. The minimum Gasteiger partial charge on any atom is -0.487 e. The van der Waals surface area contributed by atoms with Crippen LogP contribution in [0.2, 0.25) is 0 Å². The van der Waals surface area contributed by atoms with Crippen molar-refractivity contribution in [2.75, 3.05) is 12.4 Å². The van der Waals surface area contributed by atoms with Crippen LogP contribution in [-0.4, -0.2) is 17.0 Å². The van der Waals surface area contributed by atoms with Crippen LogP contribution in [-0.2, 0) is 19.4 Å². The molecule has 0 aliphatic heterocycles. The van der Waals surface area contributed by atoms with E-state index in [1.54, 1.807) is 12.4 Å². The number of hydrogen-bond donors (Lipinski definition) is 1. The van der Waals surface area contributed by atoms with Crippen molar-refractivity contribution < 1.29 is 4.74 Å². The number of aryl methyl sites for hydroxylation is 2. The minimum absolute atomic E-state index is 0.454. The molecule has 0 bridgehead atoms. The van der Waals surface area contributed by atoms with Gasteiger partial charge in [0.1, 0.15) is 18.2 Å². The van der Waals surface area contributed by atoms with Gasteiger partial charge in [-0.25, -0.2) is 4.98 Å². The second-order valence-corrected chi connectivity index (χ2v) is 5.07. The Morgan fingerprint density at radius 3 is 2.70 bits per heavy atom. The molecule has 20 heavy (non-hydrogen) atoms. The highest BCUT2D eigenvalue weighted by atomic mass is 16.5. The van der Waals surface area contributed by atoms with Crippen LogP contribution in [0, 0.1) is 0 Å². The molecule has 2 aromatic rings. The molecule has 0 unspecified atom stereocenters. The van der Waals surface area contributed by atoms with E-state index in [4.69, 9.17) is 4.74 Å². The molecule has 1 aromatic carbocycles. The summed E-state index contributed by atoms with van der Waals surface area (Å²) in [5, 5.41) is 2.95. The normalized spacial score (nSPS) is 13.7. The van der Waals surface area contributed by atoms with Crippen molar-refractivity contribution in [2.24, 2.45) is 0 Å². The van der Waals surface area contributed by atoms with Crippen LogP contribution >= 0.6 is 0 Å². The van der Waals surface area contributed by atoms with Gasteiger partial charge in [0.2, 0.25) is 0 Å². The van der Waals surface area contributed by atoms with Crippen LogP contribution in [0.1, 0.15) is 29.7 Å². The summed E-state index contributed by atoms with van der Waals surface area (Å²) in [7, 11) is 1.83. The largest absolute Gasteiger partial charge is 0.487 e. The number of nitrogens with one attached hydrogen (secondary N) is 1. The molecule has 4 nitrogen and oxygen atoms in total. The molecule has 0 atom stereocenters. The quantitative estimate of drug-likeness (QED) is 0.927. The van der Waals surface area contributed by atoms with E-state index < -0.39 is 0 Å². The van der Waals surface area contributed by atoms with Crippen molar-refractivity contribution >= 4 is 5.82 Å². The van der Waals surface area contributed by atoms with Crippen LogP contribution in [0.15, 0.2) is 30.6 Å². The van der Waals surface area contributed by atoms with Crippen molar-refractivity contribution in [3.05, 3.63) is 47.4 Å². The first-order chi connectivity index (χ1) is 9.85. The molecular weight excluding hydrogens is 250 g/mol. The molecule has 1 aliphatic carbocycles. The van der Waals surface area contributed by atoms with Crippen LogP contribution < -0.4 is 10.1 Å². The van der Waals surface area contributed by atoms with Crippen molar-refractivity contribution in [3.63, 3.8) is 0 Å². The van der Waals surface area contributed by atoms with Gasteiger partial charge in [0.15, 0.2) is 0 Å². The number of anilines is 1. The van der Waals surface area contributed by atoms with Gasteiger partial charge in [0.05, 0.1) is 18.1 Å². The molecular formula is C16H19N3O. The van der Waals surface area contributed by atoms with Crippen molar-refractivity contribution in [3.8, 4) is 5.75 Å². The minimum atomic E-state index is 0.454. The summed E-state index contributed by atoms with van der Waals surface area (Å²) >= 11 is 0. The Morgan fingerprint density at radius 1 is 1.10 bits per heavy atom. The van der Waals surface area contributed by atoms with Crippen LogP contribution in [0.5, 0.6) is 5.75 Å². The molecule has 1 N–H and O–H groups in total. The summed E-state index contributed by atoms with van der Waals surface area (Å²) in [4.78, 5) is 8.53. The lowest BCUT2D eigenvalue weighted by Crippen LogP contribution is -2.04. The fourth-order valence-electron chi connectivity index (χ4n) is 2.52. The molecule has 0 fully saturated rings. The first-order valence-electron chi connectivity index (χ1n) is 7.08. The third-order valence-electron chi connectivity index (χ3n) is 3.67. The van der Waals surface area contributed by atoms with Gasteiger partial charge in [-0.2, -0.15) is 0 Å². The Balaban J connectivity index is 1.65. The highest BCUT2D eigenvalue weighted by Crippen LogP contribution is 2.25. The predicted octanol–water partition coefficient (Wildman–Crippen LogP) is 2.98. The molecule has 3 rings (SSSR count). The molecule has 104 valence electrons. The summed E-state index contributed by atoms with van der Waals surface area (Å²) in [6, 6.07) is 6.42. The van der Waals surface area contributed by atoms with E-state index in [1.165, 1.54) is 36.8 Å². The summed E-state index contributed by atoms with van der Waals surface area (Å²) in [6.07, 6.45) is 8.42. The van der Waals surface area contributed by atoms with E-state index >= 15 is 0 Å². The fourth-order valence-corrected chi connectivity index (χ4v) is 2.52. The van der Waals surface area contributed by atoms with E-state index in [2.05, 4.69) is 33.5 Å². The van der Waals surface area contributed by atoms with Gasteiger partial charge in [0.25, 0.3) is 0 Å². The maximum atomic E-state index is 5.81. The van der Waals surface area contributed by atoms with Gasteiger partial charge >= 0.3 is 0 Å². The van der Waals surface area contributed by atoms with Gasteiger partial charge in [-0.1, -0.05) is 6.07 Å². The van der Waals surface area contributed by atoms with E-state index in [1.807, 2.05) is 7.05 Å². The van der Waals surface area contributed by atoms with Crippen molar-refractivity contribution in [2.45, 2.75) is 32.3 Å². The molecule has 1 heterocycles. The predicted molar refractivity (Wildman–Crippen MR) is 79.0 cm³/mol. The first kappa shape index (κ1) is 12.9. The number of aromatic nitrogens is 2. The SMILES string of the molecule is CNc1cnc(COc2ccc3c(c2)CCCC3)cn1. The van der Waals surface area contributed by atoms with E-state index in [0.29, 0.717) is 6.61 Å². The lowest BCUT2D eigenvalue weighted by molar-refractivity contribution is 0.300. The van der Waals surface area contributed by atoms with Crippen LogP contribution in [0.25, 0.3) is 0 Å². The van der Waals surface area contributed by atoms with Crippen LogP contribution in [0.3, 0.4) is 0 Å². The summed E-state index contributed by atoms with van der Waals surface area (Å²) in [5.41, 5.74) is 3.74. The standard InChI is InChI=1S/C16H19N3O/c1-17-16-10-18-14(9-19-16)11-20-15-7-6-12-4-2-3-5-13(12)8-15/h6-10H,2-5,11H2,1H3,(H,17,19). The third-order valence-corrected chi connectivity index (χ3v) is 3.67. The number of nitrogens with zero attached hydrogens (tertiary/aromatic N) is 2. The summed E-state index contributed by atoms with van der Waals surface area (Å²) < 4.78 is 5.81. The third kappa shape index (κ3) is 2.90. The Labute approximate surface area is 119 Å². The fraction of sp³-hybridized carbons (Fsp3) is 0.375. The molecule has 0 spiro atoms. The average molecular weight is 269 g/mol.